The van der Waals surface area contributed by atoms with Gasteiger partial charge in [-0.05, 0) is 41.9 Å². The Kier molecular flexibility index (Phi) is 5.99. The number of pyridine rings is 1. The quantitative estimate of drug-likeness (QED) is 0.565. The predicted molar refractivity (Wildman–Crippen MR) is 122 cm³/mol. The number of nitrogens with zero attached hydrogens (tertiary/aromatic N) is 4. The van der Waals surface area contributed by atoms with Gasteiger partial charge in [0.15, 0.2) is 5.82 Å². The maximum atomic E-state index is 13.3. The summed E-state index contributed by atoms with van der Waals surface area (Å²) in [6, 6.07) is 9.63. The number of piperidine rings is 1. The molecule has 6 nitrogen and oxygen atoms in total. The average molecular weight is 488 g/mol. The van der Waals surface area contributed by atoms with Gasteiger partial charge in [0, 0.05) is 36.4 Å². The van der Waals surface area contributed by atoms with Gasteiger partial charge < -0.3 is 15.7 Å². The zero-order valence-corrected chi connectivity index (χ0v) is 19.1. The maximum Gasteiger partial charge on any atom is 0.418 e. The first-order valence-corrected chi connectivity index (χ1v) is 11.9. The molecule has 1 fully saturated rings. The van der Waals surface area contributed by atoms with Crippen molar-refractivity contribution < 1.29 is 18.3 Å². The molecule has 0 unspecified atom stereocenters. The molecule has 3 heterocycles. The second-order valence-electron chi connectivity index (χ2n) is 8.81. The van der Waals surface area contributed by atoms with Crippen LogP contribution in [0.25, 0.3) is 0 Å². The second kappa shape index (κ2) is 8.83. The molecule has 1 aliphatic heterocycles. The molecule has 2 aromatic heterocycles. The van der Waals surface area contributed by atoms with Crippen LogP contribution in [0.15, 0.2) is 58.8 Å². The van der Waals surface area contributed by atoms with Gasteiger partial charge in [-0.25, -0.2) is 9.97 Å². The van der Waals surface area contributed by atoms with Gasteiger partial charge in [-0.15, -0.1) is 0 Å². The van der Waals surface area contributed by atoms with E-state index >= 15 is 0 Å². The van der Waals surface area contributed by atoms with Crippen LogP contribution in [0.1, 0.15) is 41.3 Å². The van der Waals surface area contributed by atoms with Crippen molar-refractivity contribution in [3.05, 3.63) is 71.3 Å². The molecule has 1 aromatic carbocycles. The minimum atomic E-state index is -4.52. The molecule has 1 atom stereocenters. The van der Waals surface area contributed by atoms with Gasteiger partial charge in [0.2, 0.25) is 0 Å². The fourth-order valence-electron chi connectivity index (χ4n) is 5.09. The van der Waals surface area contributed by atoms with Gasteiger partial charge in [0.1, 0.15) is 10.7 Å². The lowest BCUT2D eigenvalue weighted by atomic mass is 9.73. The van der Waals surface area contributed by atoms with Crippen LogP contribution >= 0.6 is 11.8 Å². The molecule has 2 aliphatic rings. The highest BCUT2D eigenvalue weighted by molar-refractivity contribution is 7.99. The van der Waals surface area contributed by atoms with E-state index in [4.69, 9.17) is 5.73 Å². The van der Waals surface area contributed by atoms with E-state index in [0.717, 1.165) is 50.3 Å². The van der Waals surface area contributed by atoms with Crippen molar-refractivity contribution in [3.63, 3.8) is 0 Å². The number of aliphatic hydroxyl groups is 1. The third kappa shape index (κ3) is 4.14. The number of hydrogen-bond acceptors (Lipinski definition) is 7. The van der Waals surface area contributed by atoms with Crippen molar-refractivity contribution in [2.75, 3.05) is 18.0 Å². The normalized spacial score (nSPS) is 19.4. The smallest absolute Gasteiger partial charge is 0.390 e. The lowest BCUT2D eigenvalue weighted by molar-refractivity contribution is -0.140. The summed E-state index contributed by atoms with van der Waals surface area (Å²) in [5.74, 6) is 0.566. The van der Waals surface area contributed by atoms with Crippen molar-refractivity contribution in [2.45, 2.75) is 48.0 Å². The molecule has 0 bridgehead atoms. The highest BCUT2D eigenvalue weighted by Gasteiger charge is 2.46. The Morgan fingerprint density at radius 3 is 2.62 bits per heavy atom. The van der Waals surface area contributed by atoms with Crippen LogP contribution in [0.5, 0.6) is 0 Å². The van der Waals surface area contributed by atoms with Crippen LogP contribution < -0.4 is 10.6 Å². The zero-order valence-electron chi connectivity index (χ0n) is 18.3. The summed E-state index contributed by atoms with van der Waals surface area (Å²) < 4.78 is 39.9. The molecule has 5 rings (SSSR count). The number of hydrogen-bond donors (Lipinski definition) is 2. The molecule has 1 saturated heterocycles. The third-order valence-electron chi connectivity index (χ3n) is 6.90. The van der Waals surface area contributed by atoms with E-state index < -0.39 is 11.7 Å². The van der Waals surface area contributed by atoms with Gasteiger partial charge in [0.05, 0.1) is 18.4 Å². The van der Waals surface area contributed by atoms with Crippen molar-refractivity contribution in [1.29, 1.82) is 0 Å². The number of rotatable bonds is 4. The number of benzene rings is 1. The highest BCUT2D eigenvalue weighted by atomic mass is 32.2. The first kappa shape index (κ1) is 23.1. The molecule has 0 saturated carbocycles. The summed E-state index contributed by atoms with van der Waals surface area (Å²) in [5.41, 5.74) is 8.73. The molecular formula is C24H24F3N5OS. The summed E-state index contributed by atoms with van der Waals surface area (Å²) in [6.07, 6.45) is 1.78. The number of aliphatic hydroxyl groups excluding tert-OH is 1. The molecule has 34 heavy (non-hydrogen) atoms. The lowest BCUT2D eigenvalue weighted by Crippen LogP contribution is -2.45. The fraction of sp³-hybridized carbons (Fsp3) is 0.375. The van der Waals surface area contributed by atoms with Crippen molar-refractivity contribution in [1.82, 2.24) is 15.0 Å². The minimum absolute atomic E-state index is 0.00351. The Labute approximate surface area is 199 Å². The standard InChI is InChI=1S/C24H24F3N5OS/c25-24(26,27)17-12-29-8-5-19(17)34-20-13-30-22(18(14-33)31-20)32-9-6-23(7-10-32)11-15-3-1-2-4-16(15)21(23)28/h1-5,8,12-13,21,33H,6-7,9-11,14,28H2/t21-/m1/s1. The number of nitrogens with two attached hydrogens (primary N) is 1. The first-order chi connectivity index (χ1) is 16.3. The Morgan fingerprint density at radius 1 is 1.15 bits per heavy atom. The van der Waals surface area contributed by atoms with Crippen molar-refractivity contribution >= 4 is 17.6 Å². The predicted octanol–water partition coefficient (Wildman–Crippen LogP) is 4.38. The number of anilines is 1. The molecule has 3 aromatic rings. The molecule has 3 N–H and O–H groups in total. The minimum Gasteiger partial charge on any atom is -0.390 e. The number of alkyl halides is 3. The summed E-state index contributed by atoms with van der Waals surface area (Å²) in [4.78, 5) is 14.6. The van der Waals surface area contributed by atoms with Crippen LogP contribution in [-0.4, -0.2) is 33.1 Å². The molecule has 10 heteroatoms. The topological polar surface area (TPSA) is 88.2 Å². The van der Waals surface area contributed by atoms with Crippen LogP contribution in [0.3, 0.4) is 0 Å². The van der Waals surface area contributed by atoms with Crippen molar-refractivity contribution in [3.8, 4) is 0 Å². The molecule has 0 amide bonds. The Hall–Kier alpha value is -2.69. The van der Waals surface area contributed by atoms with E-state index in [1.807, 2.05) is 12.1 Å². The van der Waals surface area contributed by atoms with Crippen LogP contribution in [0.4, 0.5) is 19.0 Å². The first-order valence-electron chi connectivity index (χ1n) is 11.0. The Balaban J connectivity index is 1.33. The summed E-state index contributed by atoms with van der Waals surface area (Å²) in [7, 11) is 0. The van der Waals surface area contributed by atoms with E-state index in [1.165, 1.54) is 29.6 Å². The third-order valence-corrected chi connectivity index (χ3v) is 7.88. The largest absolute Gasteiger partial charge is 0.418 e. The number of fused-ring (bicyclic) bond motifs is 1. The van der Waals surface area contributed by atoms with E-state index in [0.29, 0.717) is 11.5 Å². The highest BCUT2D eigenvalue weighted by Crippen LogP contribution is 2.51. The van der Waals surface area contributed by atoms with Crippen LogP contribution in [-0.2, 0) is 19.2 Å². The summed E-state index contributed by atoms with van der Waals surface area (Å²) in [6.45, 7) is 1.09. The molecule has 178 valence electrons. The molecular weight excluding hydrogens is 463 g/mol. The van der Waals surface area contributed by atoms with Crippen molar-refractivity contribution in [2.24, 2.45) is 11.1 Å². The fourth-order valence-corrected chi connectivity index (χ4v) is 5.98. The average Bonchev–Trinajstić information content (AvgIpc) is 3.10. The monoisotopic (exact) mass is 487 g/mol. The van der Waals surface area contributed by atoms with Crippen LogP contribution in [0, 0.1) is 5.41 Å². The van der Waals surface area contributed by atoms with Gasteiger partial charge >= 0.3 is 6.18 Å². The number of aromatic nitrogens is 3. The summed E-state index contributed by atoms with van der Waals surface area (Å²) in [5, 5.41) is 10.2. The zero-order chi connectivity index (χ0) is 23.9. The Morgan fingerprint density at radius 2 is 1.91 bits per heavy atom. The molecule has 1 aliphatic carbocycles. The summed E-state index contributed by atoms with van der Waals surface area (Å²) >= 11 is 0.855. The lowest BCUT2D eigenvalue weighted by Gasteiger charge is -2.42. The van der Waals surface area contributed by atoms with Gasteiger partial charge in [0.25, 0.3) is 0 Å². The second-order valence-corrected chi connectivity index (χ2v) is 9.87. The molecule has 0 radical (unpaired) electrons. The van der Waals surface area contributed by atoms with E-state index in [2.05, 4.69) is 32.0 Å². The maximum absolute atomic E-state index is 13.3. The van der Waals surface area contributed by atoms with E-state index in [9.17, 15) is 18.3 Å². The van der Waals surface area contributed by atoms with E-state index in [1.54, 1.807) is 0 Å². The van der Waals surface area contributed by atoms with Gasteiger partial charge in [-0.3, -0.25) is 4.98 Å². The SMILES string of the molecule is N[C@@H]1c2ccccc2CC12CCN(c1ncc(Sc3ccncc3C(F)(F)F)nc1CO)CC2. The van der Waals surface area contributed by atoms with Crippen LogP contribution in [0.2, 0.25) is 0 Å². The van der Waals surface area contributed by atoms with Gasteiger partial charge in [-0.2, -0.15) is 13.2 Å². The van der Waals surface area contributed by atoms with Gasteiger partial charge in [-0.1, -0.05) is 36.0 Å². The Bertz CT molecular complexity index is 1200. The number of halogens is 3. The molecule has 1 spiro atoms. The van der Waals surface area contributed by atoms with E-state index in [-0.39, 0.29) is 28.0 Å².